The van der Waals surface area contributed by atoms with Gasteiger partial charge in [0, 0.05) is 36.4 Å². The molecule has 148 valence electrons. The number of carbonyl (C=O) groups is 1. The Kier molecular flexibility index (Phi) is 5.50. The Hall–Kier alpha value is -3.86. The van der Waals surface area contributed by atoms with E-state index in [0.29, 0.717) is 17.8 Å². The monoisotopic (exact) mass is 390 g/mol. The average Bonchev–Trinajstić information content (AvgIpc) is 3.20. The van der Waals surface area contributed by atoms with Crippen molar-refractivity contribution in [2.24, 2.45) is 16.5 Å². The fraction of sp³-hybridized carbons (Fsp3) is 0.238. The molecule has 1 aromatic carbocycles. The van der Waals surface area contributed by atoms with Gasteiger partial charge in [0.25, 0.3) is 5.91 Å². The first-order valence-corrected chi connectivity index (χ1v) is 9.10. The summed E-state index contributed by atoms with van der Waals surface area (Å²) in [6.07, 6.45) is 3.87. The number of amides is 1. The van der Waals surface area contributed by atoms with Gasteiger partial charge in [0.2, 0.25) is 11.7 Å². The Morgan fingerprint density at radius 3 is 2.62 bits per heavy atom. The van der Waals surface area contributed by atoms with Crippen molar-refractivity contribution in [2.45, 2.75) is 26.2 Å². The summed E-state index contributed by atoms with van der Waals surface area (Å²) in [7, 11) is 1.72. The highest BCUT2D eigenvalue weighted by atomic mass is 16.5. The van der Waals surface area contributed by atoms with Crippen molar-refractivity contribution < 1.29 is 9.53 Å². The molecule has 0 spiro atoms. The number of ether oxygens (including phenoxy) is 1. The fourth-order valence-electron chi connectivity index (χ4n) is 3.58. The first-order valence-electron chi connectivity index (χ1n) is 9.10. The number of nitrogens with two attached hydrogens (primary N) is 2. The number of hydrogen-bond acceptors (Lipinski definition) is 6. The van der Waals surface area contributed by atoms with Crippen LogP contribution in [0, 0.1) is 11.3 Å². The van der Waals surface area contributed by atoms with Crippen LogP contribution in [0.25, 0.3) is 5.69 Å². The highest BCUT2D eigenvalue weighted by Gasteiger charge is 2.33. The fourth-order valence-corrected chi connectivity index (χ4v) is 3.58. The van der Waals surface area contributed by atoms with Gasteiger partial charge in [-0.3, -0.25) is 14.4 Å². The number of carbonyl (C=O) groups excluding carboxylic acids is 1. The van der Waals surface area contributed by atoms with Crippen molar-refractivity contribution in [3.8, 4) is 11.8 Å². The van der Waals surface area contributed by atoms with E-state index in [1.165, 1.54) is 6.20 Å². The Bertz CT molecular complexity index is 1080. The first kappa shape index (κ1) is 19.9. The lowest BCUT2D eigenvalue weighted by atomic mass is 9.80. The molecular weight excluding hydrogens is 368 g/mol. The number of allylic oxidation sites excluding steroid dienone is 3. The molecule has 0 fully saturated rings. The number of benzene rings is 1. The summed E-state index contributed by atoms with van der Waals surface area (Å²) in [6, 6.07) is 9.64. The highest BCUT2D eigenvalue weighted by molar-refractivity contribution is 6.02. The number of hydrogen-bond donors (Lipinski definition) is 2. The maximum atomic E-state index is 11.6. The van der Waals surface area contributed by atoms with Gasteiger partial charge in [-0.15, -0.1) is 0 Å². The molecule has 1 aliphatic rings. The molecule has 0 saturated heterocycles. The molecule has 1 unspecified atom stereocenters. The molecular formula is C21H22N6O2. The van der Waals surface area contributed by atoms with Crippen LogP contribution in [-0.4, -0.2) is 28.2 Å². The second kappa shape index (κ2) is 8.02. The van der Waals surface area contributed by atoms with Crippen molar-refractivity contribution in [3.63, 3.8) is 0 Å². The molecule has 1 aliphatic heterocycles. The number of aliphatic imine (C=N–C) groups is 1. The van der Waals surface area contributed by atoms with Gasteiger partial charge >= 0.3 is 0 Å². The zero-order valence-electron chi connectivity index (χ0n) is 16.5. The lowest BCUT2D eigenvalue weighted by molar-refractivity contribution is 0.0989. The van der Waals surface area contributed by atoms with E-state index in [1.807, 2.05) is 38.1 Å². The Morgan fingerprint density at radius 1 is 1.38 bits per heavy atom. The van der Waals surface area contributed by atoms with Gasteiger partial charge < -0.3 is 16.2 Å². The Morgan fingerprint density at radius 2 is 2.07 bits per heavy atom. The highest BCUT2D eigenvalue weighted by Crippen LogP contribution is 2.40. The van der Waals surface area contributed by atoms with Gasteiger partial charge in [0.05, 0.1) is 5.92 Å². The summed E-state index contributed by atoms with van der Waals surface area (Å²) in [6.45, 7) is 3.82. The van der Waals surface area contributed by atoms with E-state index in [1.54, 1.807) is 17.8 Å². The van der Waals surface area contributed by atoms with Crippen LogP contribution in [0.5, 0.6) is 0 Å². The molecule has 0 bridgehead atoms. The van der Waals surface area contributed by atoms with Crippen LogP contribution in [-0.2, 0) is 4.74 Å². The summed E-state index contributed by atoms with van der Waals surface area (Å²) in [5.74, 6) is -0.129. The van der Waals surface area contributed by atoms with Crippen molar-refractivity contribution >= 4 is 11.6 Å². The minimum atomic E-state index is -0.612. The molecule has 3 rings (SSSR count). The number of nitrogens with zero attached hydrogens (tertiary/aromatic N) is 4. The minimum Gasteiger partial charge on any atom is -0.445 e. The Labute approximate surface area is 168 Å². The van der Waals surface area contributed by atoms with E-state index in [9.17, 15) is 10.1 Å². The van der Waals surface area contributed by atoms with Gasteiger partial charge in [-0.05, 0) is 31.0 Å². The molecule has 1 atom stereocenters. The topological polar surface area (TPSA) is 132 Å². The molecule has 1 aromatic heterocycles. The zero-order valence-corrected chi connectivity index (χ0v) is 16.5. The maximum Gasteiger partial charge on any atom is 0.285 e. The van der Waals surface area contributed by atoms with Crippen LogP contribution in [0.2, 0.25) is 0 Å². The second-order valence-corrected chi connectivity index (χ2v) is 6.50. The number of aromatic nitrogens is 2. The molecule has 1 amide bonds. The van der Waals surface area contributed by atoms with Gasteiger partial charge in [-0.1, -0.05) is 19.1 Å². The minimum absolute atomic E-state index is 0.0972. The molecule has 0 radical (unpaired) electrons. The molecule has 8 heteroatoms. The first-order chi connectivity index (χ1) is 13.9. The van der Waals surface area contributed by atoms with E-state index in [2.05, 4.69) is 16.0 Å². The number of nitriles is 1. The molecule has 8 nitrogen and oxygen atoms in total. The predicted octanol–water partition coefficient (Wildman–Crippen LogP) is 2.53. The van der Waals surface area contributed by atoms with Crippen molar-refractivity contribution in [2.75, 3.05) is 7.05 Å². The SMILES string of the molecule is CCC(=NC)C1=C(C)OC(N)=C(C#N)C1c1ccc(-n2ccnc2C(N)=O)cc1. The van der Waals surface area contributed by atoms with Crippen LogP contribution in [0.3, 0.4) is 0 Å². The van der Waals surface area contributed by atoms with Crippen molar-refractivity contribution in [3.05, 3.63) is 70.8 Å². The van der Waals surface area contributed by atoms with E-state index >= 15 is 0 Å². The molecule has 0 aliphatic carbocycles. The number of primary amides is 1. The summed E-state index contributed by atoms with van der Waals surface area (Å²) >= 11 is 0. The van der Waals surface area contributed by atoms with Gasteiger partial charge in [-0.2, -0.15) is 5.26 Å². The van der Waals surface area contributed by atoms with E-state index in [-0.39, 0.29) is 17.6 Å². The van der Waals surface area contributed by atoms with Crippen LogP contribution >= 0.6 is 0 Å². The predicted molar refractivity (Wildman–Crippen MR) is 109 cm³/mol. The molecule has 29 heavy (non-hydrogen) atoms. The summed E-state index contributed by atoms with van der Waals surface area (Å²) in [5.41, 5.74) is 15.0. The number of imidazole rings is 1. The molecule has 2 aromatic rings. The molecule has 4 N–H and O–H groups in total. The standard InChI is InChI=1S/C21H22N6O2/c1-4-16(25-3)17-12(2)29-20(24)15(11-22)18(17)13-5-7-14(8-6-13)27-10-9-26-21(27)19(23)28/h5-10,18H,4,24H2,1-3H3,(H2,23,28). The van der Waals surface area contributed by atoms with Crippen LogP contribution in [0.4, 0.5) is 0 Å². The van der Waals surface area contributed by atoms with Crippen LogP contribution in [0.15, 0.2) is 64.4 Å². The average molecular weight is 390 g/mol. The lowest BCUT2D eigenvalue weighted by Gasteiger charge is -2.29. The summed E-state index contributed by atoms with van der Waals surface area (Å²) < 4.78 is 7.24. The largest absolute Gasteiger partial charge is 0.445 e. The zero-order chi connectivity index (χ0) is 21.1. The smallest absolute Gasteiger partial charge is 0.285 e. The maximum absolute atomic E-state index is 11.6. The molecule has 2 heterocycles. The van der Waals surface area contributed by atoms with Crippen molar-refractivity contribution in [1.29, 1.82) is 5.26 Å². The summed E-state index contributed by atoms with van der Waals surface area (Å²) in [4.78, 5) is 19.9. The van der Waals surface area contributed by atoms with Crippen LogP contribution < -0.4 is 11.5 Å². The van der Waals surface area contributed by atoms with E-state index in [4.69, 9.17) is 16.2 Å². The number of rotatable bonds is 5. The quantitative estimate of drug-likeness (QED) is 0.757. The van der Waals surface area contributed by atoms with Gasteiger partial charge in [0.1, 0.15) is 17.4 Å². The second-order valence-electron chi connectivity index (χ2n) is 6.50. The molecule has 0 saturated carbocycles. The third-order valence-corrected chi connectivity index (χ3v) is 4.89. The van der Waals surface area contributed by atoms with E-state index < -0.39 is 5.91 Å². The van der Waals surface area contributed by atoms with E-state index in [0.717, 1.165) is 22.5 Å². The van der Waals surface area contributed by atoms with Gasteiger partial charge in [0.15, 0.2) is 0 Å². The van der Waals surface area contributed by atoms with Gasteiger partial charge in [-0.25, -0.2) is 4.98 Å². The van der Waals surface area contributed by atoms with Crippen LogP contribution in [0.1, 0.15) is 42.4 Å². The van der Waals surface area contributed by atoms with Crippen molar-refractivity contribution in [1.82, 2.24) is 9.55 Å². The Balaban J connectivity index is 2.11. The third-order valence-electron chi connectivity index (χ3n) is 4.89. The third kappa shape index (κ3) is 3.50. The lowest BCUT2D eigenvalue weighted by Crippen LogP contribution is -2.24. The normalized spacial score (nSPS) is 17.2. The summed E-state index contributed by atoms with van der Waals surface area (Å²) in [5, 5.41) is 9.73.